The molecule has 1 aromatic carbocycles. The lowest BCUT2D eigenvalue weighted by Crippen LogP contribution is -1.85. The number of hydrogen-bond donors (Lipinski definition) is 3. The van der Waals surface area contributed by atoms with Crippen LogP contribution in [-0.2, 0) is 15.3 Å². The van der Waals surface area contributed by atoms with Crippen LogP contribution in [0.3, 0.4) is 0 Å². The predicted octanol–water partition coefficient (Wildman–Crippen LogP) is 0.987. The smallest absolute Gasteiger partial charge is 0.313 e. The highest BCUT2D eigenvalue weighted by molar-refractivity contribution is 8.42. The first kappa shape index (κ1) is 12.5. The summed E-state index contributed by atoms with van der Waals surface area (Å²) >= 11 is 0. The average Bonchev–Trinajstić information content (AvgIpc) is 2.07. The molecule has 0 spiro atoms. The maximum absolute atomic E-state index is 9.48. The van der Waals surface area contributed by atoms with Crippen LogP contribution in [0.1, 0.15) is 0 Å². The SMILES string of the molecule is O=S(O)P(=O)(O)O.c1ccccc1. The second-order valence-electron chi connectivity index (χ2n) is 1.88. The molecule has 0 aliphatic carbocycles. The van der Waals surface area contributed by atoms with Crippen molar-refractivity contribution < 1.29 is 23.1 Å². The van der Waals surface area contributed by atoms with Crippen molar-refractivity contribution in [3.63, 3.8) is 0 Å². The Labute approximate surface area is 77.6 Å². The summed E-state index contributed by atoms with van der Waals surface area (Å²) in [6.45, 7) is -4.71. The molecule has 5 nitrogen and oxygen atoms in total. The minimum atomic E-state index is -4.71. The molecule has 0 heterocycles. The van der Waals surface area contributed by atoms with E-state index in [1.54, 1.807) is 0 Å². The third kappa shape index (κ3) is 7.83. The Bertz CT molecular complexity index is 268. The molecule has 0 aliphatic heterocycles. The molecular weight excluding hydrogens is 215 g/mol. The Morgan fingerprint density at radius 2 is 1.08 bits per heavy atom. The van der Waals surface area contributed by atoms with E-state index in [4.69, 9.17) is 14.3 Å². The van der Waals surface area contributed by atoms with Gasteiger partial charge in [-0.15, -0.1) is 0 Å². The summed E-state index contributed by atoms with van der Waals surface area (Å²) in [5.74, 6) is 0. The molecule has 0 fully saturated rings. The highest BCUT2D eigenvalue weighted by Gasteiger charge is 2.20. The number of rotatable bonds is 1. The zero-order chi connectivity index (χ0) is 10.3. The lowest BCUT2D eigenvalue weighted by Gasteiger charge is -1.91. The van der Waals surface area contributed by atoms with Crippen LogP contribution >= 0.6 is 6.80 Å². The van der Waals surface area contributed by atoms with Gasteiger partial charge in [0.05, 0.1) is 0 Å². The van der Waals surface area contributed by atoms with Crippen LogP contribution in [0.5, 0.6) is 0 Å². The van der Waals surface area contributed by atoms with Crippen LogP contribution in [0, 0.1) is 0 Å². The van der Waals surface area contributed by atoms with E-state index in [9.17, 15) is 8.77 Å². The topological polar surface area (TPSA) is 94.8 Å². The van der Waals surface area contributed by atoms with Gasteiger partial charge in [0.2, 0.25) is 0 Å². The fraction of sp³-hybridized carbons (Fsp3) is 0. The molecule has 1 aromatic rings. The summed E-state index contributed by atoms with van der Waals surface area (Å²) < 4.78 is 26.4. The van der Waals surface area contributed by atoms with Crippen molar-refractivity contribution in [2.24, 2.45) is 0 Å². The van der Waals surface area contributed by atoms with Gasteiger partial charge in [-0.3, -0.25) is 4.55 Å². The van der Waals surface area contributed by atoms with Crippen molar-refractivity contribution in [2.75, 3.05) is 0 Å². The average molecular weight is 224 g/mol. The first-order valence-electron chi connectivity index (χ1n) is 3.11. The van der Waals surface area contributed by atoms with Crippen LogP contribution in [0.15, 0.2) is 36.4 Å². The quantitative estimate of drug-likeness (QED) is 0.488. The van der Waals surface area contributed by atoms with E-state index < -0.39 is 17.5 Å². The second kappa shape index (κ2) is 6.01. The molecule has 1 rings (SSSR count). The molecule has 0 aromatic heterocycles. The lowest BCUT2D eigenvalue weighted by molar-refractivity contribution is 0.388. The highest BCUT2D eigenvalue weighted by Crippen LogP contribution is 2.37. The van der Waals surface area contributed by atoms with E-state index in [1.165, 1.54) is 0 Å². The summed E-state index contributed by atoms with van der Waals surface area (Å²) in [5.41, 5.74) is 0. The van der Waals surface area contributed by atoms with Crippen molar-refractivity contribution in [1.29, 1.82) is 0 Å². The molecule has 0 saturated heterocycles. The van der Waals surface area contributed by atoms with Crippen LogP contribution in [-0.4, -0.2) is 18.5 Å². The van der Waals surface area contributed by atoms with Gasteiger partial charge in [0.1, 0.15) is 0 Å². The Kier molecular flexibility index (Phi) is 5.77. The fourth-order valence-corrected chi connectivity index (χ4v) is 0.385. The molecule has 0 aliphatic rings. The Balaban J connectivity index is 0.000000223. The summed E-state index contributed by atoms with van der Waals surface area (Å²) in [6.07, 6.45) is 0. The molecule has 1 atom stereocenters. The minimum absolute atomic E-state index is 2.00. The second-order valence-corrected chi connectivity index (χ2v) is 5.68. The summed E-state index contributed by atoms with van der Waals surface area (Å²) in [6, 6.07) is 12.0. The molecule has 0 amide bonds. The largest absolute Gasteiger partial charge is 0.439 e. The summed E-state index contributed by atoms with van der Waals surface area (Å²) in [7, 11) is -3.02. The van der Waals surface area contributed by atoms with Crippen molar-refractivity contribution >= 4 is 17.5 Å². The fourth-order valence-electron chi connectivity index (χ4n) is 0.385. The van der Waals surface area contributed by atoms with E-state index in [1.807, 2.05) is 36.4 Å². The van der Waals surface area contributed by atoms with Crippen molar-refractivity contribution in [2.45, 2.75) is 0 Å². The zero-order valence-electron chi connectivity index (χ0n) is 6.48. The maximum atomic E-state index is 9.48. The van der Waals surface area contributed by atoms with Crippen molar-refractivity contribution in [1.82, 2.24) is 0 Å². The monoisotopic (exact) mass is 224 g/mol. The van der Waals surface area contributed by atoms with Crippen molar-refractivity contribution in [3.05, 3.63) is 36.4 Å². The Morgan fingerprint density at radius 3 is 1.15 bits per heavy atom. The van der Waals surface area contributed by atoms with Gasteiger partial charge >= 0.3 is 6.80 Å². The highest BCUT2D eigenvalue weighted by atomic mass is 32.8. The van der Waals surface area contributed by atoms with Crippen LogP contribution in [0.25, 0.3) is 0 Å². The third-order valence-corrected chi connectivity index (χ3v) is 2.50. The van der Waals surface area contributed by atoms with Gasteiger partial charge in [-0.1, -0.05) is 36.4 Å². The standard InChI is InChI=1S/C6H6.H3O5PS/c1-2-4-6-5-3-1;1-6(2,3)7(4)5/h1-6H;(H,4,5)(H2,1,2,3). The van der Waals surface area contributed by atoms with Gasteiger partial charge in [0.25, 0.3) is 10.7 Å². The third-order valence-electron chi connectivity index (χ3n) is 0.870. The summed E-state index contributed by atoms with van der Waals surface area (Å²) in [4.78, 5) is 15.3. The van der Waals surface area contributed by atoms with E-state index in [0.29, 0.717) is 0 Å². The Morgan fingerprint density at radius 1 is 0.923 bits per heavy atom. The molecule has 7 heteroatoms. The summed E-state index contributed by atoms with van der Waals surface area (Å²) in [5, 5.41) is 0. The minimum Gasteiger partial charge on any atom is -0.313 e. The first-order valence-corrected chi connectivity index (χ1v) is 6.44. The van der Waals surface area contributed by atoms with E-state index in [2.05, 4.69) is 0 Å². The predicted molar refractivity (Wildman–Crippen MR) is 49.3 cm³/mol. The molecule has 74 valence electrons. The van der Waals surface area contributed by atoms with Gasteiger partial charge in [-0.25, -0.2) is 8.77 Å². The molecule has 0 bridgehead atoms. The van der Waals surface area contributed by atoms with Gasteiger partial charge < -0.3 is 9.79 Å². The van der Waals surface area contributed by atoms with Gasteiger partial charge in [0.15, 0.2) is 0 Å². The first-order chi connectivity index (χ1) is 5.94. The Hall–Kier alpha value is -0.520. The maximum Gasteiger partial charge on any atom is 0.439 e. The van der Waals surface area contributed by atoms with Gasteiger partial charge in [-0.05, 0) is 0 Å². The van der Waals surface area contributed by atoms with Crippen LogP contribution in [0.4, 0.5) is 0 Å². The molecule has 0 radical (unpaired) electrons. The molecule has 1 unspecified atom stereocenters. The normalized spacial score (nSPS) is 12.5. The number of hydrogen-bond acceptors (Lipinski definition) is 2. The molecular formula is C6H9O5PS. The van der Waals surface area contributed by atoms with Crippen LogP contribution < -0.4 is 0 Å². The van der Waals surface area contributed by atoms with E-state index in [0.717, 1.165) is 0 Å². The van der Waals surface area contributed by atoms with E-state index >= 15 is 0 Å². The van der Waals surface area contributed by atoms with Crippen LogP contribution in [0.2, 0.25) is 0 Å². The van der Waals surface area contributed by atoms with Crippen molar-refractivity contribution in [3.8, 4) is 0 Å². The van der Waals surface area contributed by atoms with Gasteiger partial charge in [0, 0.05) is 0 Å². The lowest BCUT2D eigenvalue weighted by atomic mass is 10.4. The number of benzene rings is 1. The molecule has 0 saturated carbocycles. The van der Waals surface area contributed by atoms with E-state index in [-0.39, 0.29) is 0 Å². The van der Waals surface area contributed by atoms with Gasteiger partial charge in [-0.2, -0.15) is 0 Å². The molecule has 3 N–H and O–H groups in total. The zero-order valence-corrected chi connectivity index (χ0v) is 8.19. The molecule has 13 heavy (non-hydrogen) atoms.